The standard InChI is InChI=1S/3C2H5.Al.3ClH/c3*1-2;;;;/h3*1H2,2H3;;3*1H/p-3. The van der Waals surface area contributed by atoms with Crippen LogP contribution < -0.4 is 37.2 Å². The van der Waals surface area contributed by atoms with Crippen LogP contribution in [-0.4, -0.2) is 14.1 Å². The zero-order chi connectivity index (χ0) is 5.70. The summed E-state index contributed by atoms with van der Waals surface area (Å²) in [4.78, 5) is 0. The van der Waals surface area contributed by atoms with Crippen molar-refractivity contribution in [2.24, 2.45) is 0 Å². The molecule has 0 spiro atoms. The maximum absolute atomic E-state index is 2.32. The molecule has 4 heteroatoms. The summed E-state index contributed by atoms with van der Waals surface area (Å²) in [7, 11) is 0. The highest BCUT2D eigenvalue weighted by Crippen LogP contribution is 2.01. The fourth-order valence-corrected chi connectivity index (χ4v) is 2.60. The van der Waals surface area contributed by atoms with Crippen molar-refractivity contribution >= 4 is 14.1 Å². The van der Waals surface area contributed by atoms with Gasteiger partial charge in [-0.3, -0.25) is 0 Å². The first-order valence-corrected chi connectivity index (χ1v) is 5.80. The van der Waals surface area contributed by atoms with E-state index < -0.39 is 0 Å². The Kier molecular flexibility index (Phi) is 37.8. The molecule has 0 radical (unpaired) electrons. The number of hydrogen-bond donors (Lipinski definition) is 0. The van der Waals surface area contributed by atoms with E-state index in [-0.39, 0.29) is 51.4 Å². The van der Waals surface area contributed by atoms with E-state index in [2.05, 4.69) is 20.8 Å². The molecule has 0 saturated carbocycles. The molecule has 0 fully saturated rings. The molecule has 0 atom stereocenters. The molecule has 0 saturated heterocycles. The van der Waals surface area contributed by atoms with Gasteiger partial charge in [-0.15, -0.1) is 0 Å². The van der Waals surface area contributed by atoms with Crippen LogP contribution in [0.25, 0.3) is 0 Å². The van der Waals surface area contributed by atoms with E-state index in [0.717, 1.165) is 0 Å². The number of halogens is 3. The molecule has 0 aromatic rings. The molecular weight excluding hydrogens is 205 g/mol. The normalized spacial score (nSPS) is 6.30. The molecule has 0 heterocycles. The fourth-order valence-electron chi connectivity index (χ4n) is 0.866. The Balaban J connectivity index is -0.0000000600. The van der Waals surface area contributed by atoms with Crippen LogP contribution in [0.1, 0.15) is 20.8 Å². The lowest BCUT2D eigenvalue weighted by Crippen LogP contribution is -3.00. The van der Waals surface area contributed by atoms with Gasteiger partial charge in [0.15, 0.2) is 0 Å². The quantitative estimate of drug-likeness (QED) is 0.415. The molecule has 0 aliphatic carbocycles. The monoisotopic (exact) mass is 219 g/mol. The van der Waals surface area contributed by atoms with Crippen LogP contribution in [0.4, 0.5) is 0 Å². The summed E-state index contributed by atoms with van der Waals surface area (Å²) in [6, 6.07) is 0. The van der Waals surface area contributed by atoms with E-state index in [1.54, 1.807) is 0 Å². The Morgan fingerprint density at radius 2 is 0.900 bits per heavy atom. The summed E-state index contributed by atoms with van der Waals surface area (Å²) in [5, 5.41) is 4.48. The van der Waals surface area contributed by atoms with Crippen molar-refractivity contribution in [2.75, 3.05) is 0 Å². The summed E-state index contributed by atoms with van der Waals surface area (Å²) in [5.41, 5.74) is 0. The minimum atomic E-state index is -0.171. The van der Waals surface area contributed by atoms with E-state index in [1.165, 1.54) is 15.8 Å². The molecule has 0 aromatic carbocycles. The number of rotatable bonds is 3. The van der Waals surface area contributed by atoms with E-state index in [4.69, 9.17) is 0 Å². The molecule has 0 N–H and O–H groups in total. The van der Waals surface area contributed by atoms with Crippen LogP contribution in [0.15, 0.2) is 0 Å². The van der Waals surface area contributed by atoms with Crippen LogP contribution in [0, 0.1) is 0 Å². The van der Waals surface area contributed by atoms with Crippen molar-refractivity contribution < 1.29 is 37.2 Å². The molecule has 0 unspecified atom stereocenters. The summed E-state index contributed by atoms with van der Waals surface area (Å²) in [6.07, 6.45) is 0. The summed E-state index contributed by atoms with van der Waals surface area (Å²) in [5.74, 6) is 0. The van der Waals surface area contributed by atoms with Crippen LogP contribution in [0.5, 0.6) is 0 Å². The zero-order valence-corrected chi connectivity index (χ0v) is 10.3. The molecule has 0 nitrogen and oxygen atoms in total. The molecule has 66 valence electrons. The van der Waals surface area contributed by atoms with Crippen LogP contribution in [0.2, 0.25) is 15.8 Å². The second kappa shape index (κ2) is 16.8. The SMILES string of the molecule is C[CH2][Al]([CH2]C)[CH2]C.[Cl-].[Cl-].[Cl-]. The minimum absolute atomic E-state index is 0. The van der Waals surface area contributed by atoms with E-state index in [1.807, 2.05) is 0 Å². The Bertz CT molecular complexity index is 34.5. The largest absolute Gasteiger partial charge is 1.00 e. The molecule has 0 amide bonds. The molecule has 10 heavy (non-hydrogen) atoms. The highest BCUT2D eigenvalue weighted by Gasteiger charge is 2.05. The third-order valence-electron chi connectivity index (χ3n) is 1.73. The first kappa shape index (κ1) is 22.5. The average molecular weight is 221 g/mol. The predicted octanol–water partition coefficient (Wildman–Crippen LogP) is -6.45. The van der Waals surface area contributed by atoms with E-state index in [0.29, 0.717) is 0 Å². The Labute approximate surface area is 87.8 Å². The van der Waals surface area contributed by atoms with Crippen molar-refractivity contribution in [3.8, 4) is 0 Å². The molecular formula is C6H15AlCl3-3. The smallest absolute Gasteiger partial charge is 0.261 e. The van der Waals surface area contributed by atoms with Crippen LogP contribution in [-0.2, 0) is 0 Å². The lowest BCUT2D eigenvalue weighted by atomic mass is 10.9. The Hall–Kier alpha value is 1.40. The average Bonchev–Trinajstić information content (AvgIpc) is 1.72. The van der Waals surface area contributed by atoms with Gasteiger partial charge in [0.05, 0.1) is 0 Å². The van der Waals surface area contributed by atoms with E-state index in [9.17, 15) is 0 Å². The summed E-state index contributed by atoms with van der Waals surface area (Å²) >= 11 is -0.171. The van der Waals surface area contributed by atoms with Gasteiger partial charge in [0.1, 0.15) is 0 Å². The minimum Gasteiger partial charge on any atom is -1.00 e. The Morgan fingerprint density at radius 1 is 0.700 bits per heavy atom. The molecule has 0 aliphatic heterocycles. The summed E-state index contributed by atoms with van der Waals surface area (Å²) in [6.45, 7) is 6.97. The van der Waals surface area contributed by atoms with Crippen molar-refractivity contribution in [1.82, 2.24) is 0 Å². The first-order chi connectivity index (χ1) is 3.35. The second-order valence-electron chi connectivity index (χ2n) is 2.09. The van der Waals surface area contributed by atoms with Crippen LogP contribution >= 0.6 is 0 Å². The van der Waals surface area contributed by atoms with Gasteiger partial charge < -0.3 is 37.2 Å². The topological polar surface area (TPSA) is 0 Å². The second-order valence-corrected chi connectivity index (χ2v) is 6.27. The maximum atomic E-state index is 2.32. The Morgan fingerprint density at radius 3 is 0.900 bits per heavy atom. The molecule has 0 aromatic heterocycles. The first-order valence-electron chi connectivity index (χ1n) is 3.35. The number of hydrogen-bond acceptors (Lipinski definition) is 0. The van der Waals surface area contributed by atoms with Gasteiger partial charge >= 0.3 is 0 Å². The van der Waals surface area contributed by atoms with Gasteiger partial charge in [0.25, 0.3) is 14.1 Å². The van der Waals surface area contributed by atoms with Gasteiger partial charge in [0.2, 0.25) is 0 Å². The van der Waals surface area contributed by atoms with Gasteiger partial charge in [0, 0.05) is 0 Å². The predicted molar refractivity (Wildman–Crippen MR) is 37.2 cm³/mol. The molecule has 0 aliphatic rings. The maximum Gasteiger partial charge on any atom is 0.261 e. The zero-order valence-electron chi connectivity index (χ0n) is 6.83. The molecule has 0 bridgehead atoms. The highest BCUT2D eigenvalue weighted by molar-refractivity contribution is 6.58. The van der Waals surface area contributed by atoms with Gasteiger partial charge in [-0.25, -0.2) is 0 Å². The lowest BCUT2D eigenvalue weighted by Gasteiger charge is -1.97. The van der Waals surface area contributed by atoms with Crippen molar-refractivity contribution in [3.05, 3.63) is 0 Å². The third kappa shape index (κ3) is 12.1. The van der Waals surface area contributed by atoms with Gasteiger partial charge in [-0.05, 0) is 0 Å². The van der Waals surface area contributed by atoms with Crippen molar-refractivity contribution in [1.29, 1.82) is 0 Å². The van der Waals surface area contributed by atoms with Crippen molar-refractivity contribution in [3.63, 3.8) is 0 Å². The summed E-state index contributed by atoms with van der Waals surface area (Å²) < 4.78 is 0. The van der Waals surface area contributed by atoms with Crippen molar-refractivity contribution in [2.45, 2.75) is 36.6 Å². The lowest BCUT2D eigenvalue weighted by molar-refractivity contribution is -0.00100. The highest BCUT2D eigenvalue weighted by atomic mass is 35.5. The van der Waals surface area contributed by atoms with Crippen LogP contribution in [0.3, 0.4) is 0 Å². The van der Waals surface area contributed by atoms with Gasteiger partial charge in [-0.2, -0.15) is 0 Å². The van der Waals surface area contributed by atoms with E-state index >= 15 is 0 Å². The van der Waals surface area contributed by atoms with Gasteiger partial charge in [-0.1, -0.05) is 36.6 Å². The fraction of sp³-hybridized carbons (Fsp3) is 1.00. The molecule has 0 rings (SSSR count). The third-order valence-corrected chi connectivity index (χ3v) is 5.20.